The Kier molecular flexibility index (Phi) is 7.77. The van der Waals surface area contributed by atoms with Gasteiger partial charge in [-0.25, -0.2) is 8.42 Å². The molecular formula is C31H35F3N4O4S. The number of rotatable bonds is 7. The van der Waals surface area contributed by atoms with Crippen molar-refractivity contribution in [1.29, 1.82) is 0 Å². The number of aromatic nitrogens is 1. The number of anilines is 2. The smallest absolute Gasteiger partial charge is 0.406 e. The van der Waals surface area contributed by atoms with E-state index >= 15 is 0 Å². The van der Waals surface area contributed by atoms with Gasteiger partial charge >= 0.3 is 6.18 Å². The molecule has 43 heavy (non-hydrogen) atoms. The zero-order valence-corrected chi connectivity index (χ0v) is 24.7. The predicted molar refractivity (Wildman–Crippen MR) is 159 cm³/mol. The first-order valence-corrected chi connectivity index (χ1v) is 16.3. The van der Waals surface area contributed by atoms with Gasteiger partial charge in [-0.15, -0.1) is 0 Å². The Labute approximate surface area is 249 Å². The van der Waals surface area contributed by atoms with Crippen LogP contribution in [0.1, 0.15) is 31.4 Å². The second kappa shape index (κ2) is 11.3. The Hall–Kier alpha value is -3.40. The zero-order chi connectivity index (χ0) is 30.4. The molecule has 0 atom stereocenters. The molecule has 0 radical (unpaired) electrons. The number of likely N-dealkylation sites (tertiary alicyclic amines) is 1. The molecule has 0 bridgehead atoms. The number of ether oxygens (including phenoxy) is 1. The molecule has 2 saturated heterocycles. The summed E-state index contributed by atoms with van der Waals surface area (Å²) in [6.07, 6.45) is 0.796. The lowest BCUT2D eigenvalue weighted by molar-refractivity contribution is -0.200. The third-order valence-electron chi connectivity index (χ3n) is 8.73. The maximum atomic E-state index is 13.6. The van der Waals surface area contributed by atoms with Crippen LogP contribution in [0.25, 0.3) is 10.9 Å². The first-order valence-electron chi connectivity index (χ1n) is 14.4. The lowest BCUT2D eigenvalue weighted by atomic mass is 9.75. The van der Waals surface area contributed by atoms with Crippen LogP contribution in [-0.2, 0) is 21.1 Å². The topological polar surface area (TPSA) is 95.8 Å². The number of hydrogen-bond donors (Lipinski definition) is 3. The van der Waals surface area contributed by atoms with Gasteiger partial charge in [0.1, 0.15) is 12.3 Å². The fraction of sp³-hybridized carbons (Fsp3) is 0.484. The van der Waals surface area contributed by atoms with Gasteiger partial charge in [-0.1, -0.05) is 12.0 Å². The van der Waals surface area contributed by atoms with Gasteiger partial charge in [-0.3, -0.25) is 4.90 Å². The predicted octanol–water partition coefficient (Wildman–Crippen LogP) is 4.83. The lowest BCUT2D eigenvalue weighted by Crippen LogP contribution is -2.68. The van der Waals surface area contributed by atoms with E-state index in [9.17, 15) is 26.7 Å². The SMILES string of the molecule is CS(=O)(=O)c1ccc(NCC#Cc2cc3c(N[C@H]4CC[C@H](N5CC6(COC6)C5)CC4)cccc3n2CC(F)(F)F)c(O)c1. The number of halogens is 3. The molecule has 3 fully saturated rings. The average molecular weight is 617 g/mol. The second-order valence-electron chi connectivity index (χ2n) is 12.1. The minimum absolute atomic E-state index is 0.0238. The molecule has 1 aromatic heterocycles. The molecule has 0 unspecified atom stereocenters. The van der Waals surface area contributed by atoms with Gasteiger partial charge in [0.15, 0.2) is 9.84 Å². The quantitative estimate of drug-likeness (QED) is 0.259. The molecule has 1 saturated carbocycles. The first-order chi connectivity index (χ1) is 20.4. The fourth-order valence-corrected chi connectivity index (χ4v) is 7.12. The van der Waals surface area contributed by atoms with Crippen LogP contribution in [0.2, 0.25) is 0 Å². The molecule has 3 N–H and O–H groups in total. The number of hydrogen-bond acceptors (Lipinski definition) is 7. The number of phenolic OH excluding ortho intramolecular Hbond substituents is 1. The Morgan fingerprint density at radius 1 is 1.07 bits per heavy atom. The fourth-order valence-electron chi connectivity index (χ4n) is 6.48. The van der Waals surface area contributed by atoms with Crippen LogP contribution in [0.3, 0.4) is 0 Å². The largest absolute Gasteiger partial charge is 0.506 e. The molecule has 3 aliphatic rings. The highest BCUT2D eigenvalue weighted by Crippen LogP contribution is 2.41. The van der Waals surface area contributed by atoms with E-state index < -0.39 is 22.6 Å². The summed E-state index contributed by atoms with van der Waals surface area (Å²) >= 11 is 0. The van der Waals surface area contributed by atoms with Gasteiger partial charge in [0, 0.05) is 54.0 Å². The van der Waals surface area contributed by atoms with Gasteiger partial charge < -0.3 is 25.0 Å². The summed E-state index contributed by atoms with van der Waals surface area (Å²) in [5, 5.41) is 17.4. The molecule has 2 aliphatic heterocycles. The van der Waals surface area contributed by atoms with Gasteiger partial charge in [0.2, 0.25) is 0 Å². The molecule has 12 heteroatoms. The number of alkyl halides is 3. The van der Waals surface area contributed by atoms with Crippen LogP contribution in [0.5, 0.6) is 5.75 Å². The summed E-state index contributed by atoms with van der Waals surface area (Å²) in [4.78, 5) is 2.55. The summed E-state index contributed by atoms with van der Waals surface area (Å²) in [5.41, 5.74) is 2.16. The Balaban J connectivity index is 1.15. The van der Waals surface area contributed by atoms with Gasteiger partial charge in [0.05, 0.1) is 41.6 Å². The van der Waals surface area contributed by atoms with Crippen molar-refractivity contribution in [3.8, 4) is 17.6 Å². The molecule has 0 amide bonds. The lowest BCUT2D eigenvalue weighted by Gasteiger charge is -2.58. The van der Waals surface area contributed by atoms with Crippen molar-refractivity contribution < 1.29 is 31.4 Å². The number of nitrogens with one attached hydrogen (secondary N) is 2. The monoisotopic (exact) mass is 616 g/mol. The molecule has 3 aromatic rings. The van der Waals surface area contributed by atoms with Crippen molar-refractivity contribution in [2.24, 2.45) is 5.41 Å². The summed E-state index contributed by atoms with van der Waals surface area (Å²) in [5.74, 6) is 5.44. The number of sulfone groups is 1. The number of benzene rings is 2. The molecule has 6 rings (SSSR count). The van der Waals surface area contributed by atoms with Crippen LogP contribution in [-0.4, -0.2) is 80.4 Å². The van der Waals surface area contributed by atoms with Crippen LogP contribution >= 0.6 is 0 Å². The summed E-state index contributed by atoms with van der Waals surface area (Å²) in [7, 11) is -3.48. The van der Waals surface area contributed by atoms with E-state index in [4.69, 9.17) is 4.74 Å². The highest BCUT2D eigenvalue weighted by molar-refractivity contribution is 7.90. The normalized spacial score (nSPS) is 22.0. The van der Waals surface area contributed by atoms with Crippen LogP contribution in [0.15, 0.2) is 47.4 Å². The maximum absolute atomic E-state index is 13.6. The van der Waals surface area contributed by atoms with E-state index in [0.717, 1.165) is 70.0 Å². The molecule has 1 spiro atoms. The zero-order valence-electron chi connectivity index (χ0n) is 23.9. The third-order valence-corrected chi connectivity index (χ3v) is 9.84. The number of aromatic hydroxyl groups is 1. The highest BCUT2D eigenvalue weighted by atomic mass is 32.2. The Morgan fingerprint density at radius 2 is 1.81 bits per heavy atom. The second-order valence-corrected chi connectivity index (χ2v) is 14.1. The molecule has 230 valence electrons. The first kappa shape index (κ1) is 29.7. The maximum Gasteiger partial charge on any atom is 0.406 e. The van der Waals surface area contributed by atoms with Gasteiger partial charge in [-0.05, 0) is 61.9 Å². The molecule has 2 aromatic carbocycles. The number of phenols is 1. The van der Waals surface area contributed by atoms with Crippen molar-refractivity contribution in [2.75, 3.05) is 49.7 Å². The van der Waals surface area contributed by atoms with Gasteiger partial charge in [-0.2, -0.15) is 13.2 Å². The molecule has 3 heterocycles. The van der Waals surface area contributed by atoms with Crippen LogP contribution in [0.4, 0.5) is 24.5 Å². The number of fused-ring (bicyclic) bond motifs is 1. The minimum Gasteiger partial charge on any atom is -0.506 e. The molecular weight excluding hydrogens is 581 g/mol. The summed E-state index contributed by atoms with van der Waals surface area (Å²) < 4.78 is 70.8. The minimum atomic E-state index is -4.43. The highest BCUT2D eigenvalue weighted by Gasteiger charge is 2.50. The van der Waals surface area contributed by atoms with E-state index in [0.29, 0.717) is 22.4 Å². The van der Waals surface area contributed by atoms with Crippen LogP contribution < -0.4 is 10.6 Å². The van der Waals surface area contributed by atoms with E-state index in [1.807, 2.05) is 6.07 Å². The van der Waals surface area contributed by atoms with Crippen molar-refractivity contribution >= 4 is 32.1 Å². The standard InChI is InChI=1S/C31H35F3N4O4S/c1-43(40,41)24-11-12-27(29(39)15-24)35-13-3-4-23-14-25-26(5-2-6-28(25)38(23)18-31(32,33)34)36-21-7-9-22(10-8-21)37-16-30(17-37)19-42-20-30/h2,5-6,11-12,14-15,21-22,35-36,39H,7-10,13,16-20H2,1H3/t21-,22-. The van der Waals surface area contributed by atoms with Crippen molar-refractivity contribution in [2.45, 2.75) is 55.4 Å². The summed E-state index contributed by atoms with van der Waals surface area (Å²) in [6, 6.07) is 11.8. The Morgan fingerprint density at radius 3 is 2.44 bits per heavy atom. The average Bonchev–Trinajstić information content (AvgIpc) is 3.23. The molecule has 8 nitrogen and oxygen atoms in total. The van der Waals surface area contributed by atoms with Crippen molar-refractivity contribution in [3.63, 3.8) is 0 Å². The van der Waals surface area contributed by atoms with E-state index in [1.165, 1.54) is 16.7 Å². The van der Waals surface area contributed by atoms with Crippen molar-refractivity contribution in [3.05, 3.63) is 48.2 Å². The third kappa shape index (κ3) is 6.44. The summed E-state index contributed by atoms with van der Waals surface area (Å²) in [6.45, 7) is 2.87. The number of nitrogens with zero attached hydrogens (tertiary/aromatic N) is 2. The van der Waals surface area contributed by atoms with Crippen molar-refractivity contribution in [1.82, 2.24) is 9.47 Å². The van der Waals surface area contributed by atoms with E-state index in [-0.39, 0.29) is 34.6 Å². The van der Waals surface area contributed by atoms with E-state index in [1.54, 1.807) is 18.2 Å². The van der Waals surface area contributed by atoms with E-state index in [2.05, 4.69) is 27.4 Å². The molecule has 1 aliphatic carbocycles. The Bertz CT molecular complexity index is 1670. The van der Waals surface area contributed by atoms with Gasteiger partial charge in [0.25, 0.3) is 0 Å². The van der Waals surface area contributed by atoms with Crippen LogP contribution in [0, 0.1) is 17.3 Å².